The van der Waals surface area contributed by atoms with Crippen LogP contribution in [0.25, 0.3) is 0 Å². The molecule has 0 spiro atoms. The number of nitrogens with zero attached hydrogens (tertiary/aromatic N) is 4. The Morgan fingerprint density at radius 1 is 1.29 bits per heavy atom. The summed E-state index contributed by atoms with van der Waals surface area (Å²) in [5, 5.41) is 26.6. The van der Waals surface area contributed by atoms with E-state index in [9.17, 15) is 5.11 Å². The monoisotopic (exact) mass is 313 g/mol. The lowest BCUT2D eigenvalue weighted by atomic mass is 10.1. The van der Waals surface area contributed by atoms with Crippen molar-refractivity contribution in [2.24, 2.45) is 0 Å². The van der Waals surface area contributed by atoms with Crippen LogP contribution in [0.5, 0.6) is 0 Å². The van der Waals surface area contributed by atoms with Crippen LogP contribution in [0, 0.1) is 0 Å². The molecule has 6 nitrogen and oxygen atoms in total. The van der Waals surface area contributed by atoms with Crippen LogP contribution >= 0.6 is 11.8 Å². The molecular weight excluding hydrogens is 286 g/mol. The van der Waals surface area contributed by atoms with Crippen molar-refractivity contribution in [3.63, 3.8) is 0 Å². The minimum absolute atomic E-state index is 0.0960. The van der Waals surface area contributed by atoms with Crippen molar-refractivity contribution >= 4 is 11.8 Å². The Morgan fingerprint density at radius 3 is 2.81 bits per heavy atom. The smallest absolute Gasteiger partial charge is 0.209 e. The van der Waals surface area contributed by atoms with E-state index in [1.165, 1.54) is 12.8 Å². The van der Waals surface area contributed by atoms with Crippen LogP contribution < -0.4 is 5.32 Å². The topological polar surface area (TPSA) is 75.9 Å². The van der Waals surface area contributed by atoms with E-state index < -0.39 is 0 Å². The van der Waals surface area contributed by atoms with E-state index in [-0.39, 0.29) is 16.9 Å². The molecule has 1 aliphatic carbocycles. The highest BCUT2D eigenvalue weighted by molar-refractivity contribution is 7.99. The summed E-state index contributed by atoms with van der Waals surface area (Å²) in [5.41, 5.74) is 0.0960. The molecule has 7 heteroatoms. The first kappa shape index (κ1) is 16.7. The van der Waals surface area contributed by atoms with E-state index in [4.69, 9.17) is 0 Å². The summed E-state index contributed by atoms with van der Waals surface area (Å²) in [6.07, 6.45) is 5.22. The quantitative estimate of drug-likeness (QED) is 0.808. The molecule has 0 radical (unpaired) electrons. The number of hydrogen-bond donors (Lipinski definition) is 2. The Bertz CT molecular complexity index is 431. The third-order valence-electron chi connectivity index (χ3n) is 3.65. The van der Waals surface area contributed by atoms with Gasteiger partial charge in [-0.25, -0.2) is 4.68 Å². The van der Waals surface area contributed by atoms with Crippen molar-refractivity contribution in [1.82, 2.24) is 25.5 Å². The molecule has 1 saturated carbocycles. The molecule has 0 amide bonds. The number of rotatable bonds is 5. The van der Waals surface area contributed by atoms with Gasteiger partial charge >= 0.3 is 0 Å². The van der Waals surface area contributed by atoms with Gasteiger partial charge in [0.15, 0.2) is 0 Å². The van der Waals surface area contributed by atoms with Gasteiger partial charge in [0.2, 0.25) is 5.16 Å². The van der Waals surface area contributed by atoms with Gasteiger partial charge in [-0.3, -0.25) is 0 Å². The maximum absolute atomic E-state index is 10.2. The molecular formula is C14H27N5OS. The Morgan fingerprint density at radius 2 is 2.05 bits per heavy atom. The zero-order chi connectivity index (χ0) is 15.3. The number of aromatic nitrogens is 4. The van der Waals surface area contributed by atoms with Crippen molar-refractivity contribution in [2.45, 2.75) is 81.5 Å². The maximum Gasteiger partial charge on any atom is 0.209 e. The highest BCUT2D eigenvalue weighted by Crippen LogP contribution is 2.31. The zero-order valence-corrected chi connectivity index (χ0v) is 14.1. The van der Waals surface area contributed by atoms with Crippen molar-refractivity contribution in [1.29, 1.82) is 0 Å². The highest BCUT2D eigenvalue weighted by atomic mass is 32.2. The molecule has 2 unspecified atom stereocenters. The average Bonchev–Trinajstić information content (AvgIpc) is 2.72. The predicted octanol–water partition coefficient (Wildman–Crippen LogP) is 1.85. The summed E-state index contributed by atoms with van der Waals surface area (Å²) in [5.74, 6) is 0. The number of hydrogen-bond acceptors (Lipinski definition) is 6. The molecule has 0 aliphatic heterocycles. The fourth-order valence-corrected chi connectivity index (χ4v) is 3.67. The van der Waals surface area contributed by atoms with Crippen LogP contribution in [0.4, 0.5) is 0 Å². The average molecular weight is 313 g/mol. The second-order valence-corrected chi connectivity index (χ2v) is 7.93. The molecule has 0 bridgehead atoms. The van der Waals surface area contributed by atoms with Crippen LogP contribution in [0.1, 0.15) is 52.9 Å². The molecule has 1 fully saturated rings. The van der Waals surface area contributed by atoms with Crippen molar-refractivity contribution in [2.75, 3.05) is 6.54 Å². The molecule has 120 valence electrons. The van der Waals surface area contributed by atoms with Crippen LogP contribution in [0.2, 0.25) is 0 Å². The van der Waals surface area contributed by atoms with Gasteiger partial charge in [0.25, 0.3) is 0 Å². The largest absolute Gasteiger partial charge is 0.392 e. The molecule has 2 atom stereocenters. The van der Waals surface area contributed by atoms with Crippen molar-refractivity contribution in [3.05, 3.63) is 0 Å². The third kappa shape index (κ3) is 5.56. The van der Waals surface area contributed by atoms with E-state index in [2.05, 4.69) is 41.6 Å². The number of aliphatic hydroxyl groups excluding tert-OH is 1. The van der Waals surface area contributed by atoms with Gasteiger partial charge in [-0.2, -0.15) is 0 Å². The summed E-state index contributed by atoms with van der Waals surface area (Å²) in [7, 11) is 0. The SMILES string of the molecule is CC(C)(C)NCCn1nnnc1SC1CCCCCC1O. The summed E-state index contributed by atoms with van der Waals surface area (Å²) in [6.45, 7) is 8.00. The van der Waals surface area contributed by atoms with Gasteiger partial charge in [-0.05, 0) is 44.0 Å². The van der Waals surface area contributed by atoms with Gasteiger partial charge in [0.1, 0.15) is 0 Å². The normalized spacial score (nSPS) is 24.0. The zero-order valence-electron chi connectivity index (χ0n) is 13.2. The summed E-state index contributed by atoms with van der Waals surface area (Å²) >= 11 is 1.63. The first-order valence-electron chi connectivity index (χ1n) is 7.81. The number of thioether (sulfide) groups is 1. The van der Waals surface area contributed by atoms with Crippen LogP contribution in [-0.2, 0) is 6.54 Å². The van der Waals surface area contributed by atoms with Crippen LogP contribution in [-0.4, -0.2) is 48.8 Å². The number of tetrazole rings is 1. The van der Waals surface area contributed by atoms with E-state index in [1.807, 2.05) is 4.68 Å². The minimum atomic E-state index is -0.240. The molecule has 0 aromatic carbocycles. The Hall–Kier alpha value is -0.660. The lowest BCUT2D eigenvalue weighted by Gasteiger charge is -2.21. The lowest BCUT2D eigenvalue weighted by Crippen LogP contribution is -2.38. The van der Waals surface area contributed by atoms with Gasteiger partial charge in [0, 0.05) is 17.3 Å². The first-order chi connectivity index (χ1) is 9.96. The van der Waals surface area contributed by atoms with E-state index in [0.717, 1.165) is 37.5 Å². The molecule has 1 heterocycles. The summed E-state index contributed by atoms with van der Waals surface area (Å²) in [6, 6.07) is 0. The van der Waals surface area contributed by atoms with E-state index >= 15 is 0 Å². The molecule has 1 aromatic rings. The van der Waals surface area contributed by atoms with Gasteiger partial charge in [-0.1, -0.05) is 31.0 Å². The fraction of sp³-hybridized carbons (Fsp3) is 0.929. The summed E-state index contributed by atoms with van der Waals surface area (Å²) in [4.78, 5) is 0. The minimum Gasteiger partial charge on any atom is -0.392 e. The van der Waals surface area contributed by atoms with E-state index in [1.54, 1.807) is 11.8 Å². The number of nitrogens with one attached hydrogen (secondary N) is 1. The van der Waals surface area contributed by atoms with Gasteiger partial charge < -0.3 is 10.4 Å². The summed E-state index contributed by atoms with van der Waals surface area (Å²) < 4.78 is 1.83. The Labute approximate surface area is 131 Å². The van der Waals surface area contributed by atoms with Gasteiger partial charge in [0.05, 0.1) is 12.6 Å². The van der Waals surface area contributed by atoms with Crippen molar-refractivity contribution in [3.8, 4) is 0 Å². The third-order valence-corrected chi connectivity index (χ3v) is 5.01. The second-order valence-electron chi connectivity index (χ2n) is 6.72. The van der Waals surface area contributed by atoms with Crippen molar-refractivity contribution < 1.29 is 5.11 Å². The Balaban J connectivity index is 1.90. The molecule has 1 aliphatic rings. The fourth-order valence-electron chi connectivity index (χ4n) is 2.48. The van der Waals surface area contributed by atoms with Gasteiger partial charge in [-0.15, -0.1) is 5.10 Å². The predicted molar refractivity (Wildman–Crippen MR) is 84.3 cm³/mol. The highest BCUT2D eigenvalue weighted by Gasteiger charge is 2.25. The molecule has 0 saturated heterocycles. The molecule has 2 N–H and O–H groups in total. The first-order valence-corrected chi connectivity index (χ1v) is 8.69. The lowest BCUT2D eigenvalue weighted by molar-refractivity contribution is 0.163. The molecule has 2 rings (SSSR count). The second kappa shape index (κ2) is 7.56. The Kier molecular flexibility index (Phi) is 6.01. The van der Waals surface area contributed by atoms with E-state index in [0.29, 0.717) is 0 Å². The number of aliphatic hydroxyl groups is 1. The molecule has 1 aromatic heterocycles. The molecule has 21 heavy (non-hydrogen) atoms. The standard InChI is InChI=1S/C14H27N5OS/c1-14(2,3)15-9-10-19-13(16-17-18-19)21-12-8-6-4-5-7-11(12)20/h11-12,15,20H,4-10H2,1-3H3. The maximum atomic E-state index is 10.2. The van der Waals surface area contributed by atoms with Crippen LogP contribution in [0.3, 0.4) is 0 Å². The van der Waals surface area contributed by atoms with Crippen LogP contribution in [0.15, 0.2) is 5.16 Å².